The molecule has 7 heteroatoms. The zero-order valence-corrected chi connectivity index (χ0v) is 19.2. The Labute approximate surface area is 202 Å². The summed E-state index contributed by atoms with van der Waals surface area (Å²) < 4.78 is 5.45. The van der Waals surface area contributed by atoms with Crippen molar-refractivity contribution in [1.29, 1.82) is 0 Å². The Bertz CT molecular complexity index is 1280. The minimum absolute atomic E-state index is 0.0602. The maximum atomic E-state index is 13.3. The molecule has 2 aliphatic heterocycles. The predicted molar refractivity (Wildman–Crippen MR) is 129 cm³/mol. The Morgan fingerprint density at radius 3 is 2.17 bits per heavy atom. The highest BCUT2D eigenvalue weighted by Gasteiger charge is 2.43. The first-order valence-electron chi connectivity index (χ1n) is 11.5. The van der Waals surface area contributed by atoms with Crippen molar-refractivity contribution in [3.8, 4) is 0 Å². The Hall–Kier alpha value is -4.26. The monoisotopic (exact) mass is 468 g/mol. The molecule has 3 aromatic carbocycles. The van der Waals surface area contributed by atoms with Crippen LogP contribution in [-0.4, -0.2) is 47.3 Å². The number of para-hydroxylation sites is 1. The van der Waals surface area contributed by atoms with Gasteiger partial charge in [0.05, 0.1) is 11.1 Å². The van der Waals surface area contributed by atoms with Gasteiger partial charge in [-0.05, 0) is 42.7 Å². The second kappa shape index (κ2) is 9.18. The molecule has 0 radical (unpaired) electrons. The summed E-state index contributed by atoms with van der Waals surface area (Å²) in [4.78, 5) is 55.1. The highest BCUT2D eigenvalue weighted by Crippen LogP contribution is 2.32. The molecule has 176 valence electrons. The Morgan fingerprint density at radius 2 is 1.49 bits per heavy atom. The fourth-order valence-electron chi connectivity index (χ4n) is 4.85. The van der Waals surface area contributed by atoms with E-state index < -0.39 is 30.4 Å². The summed E-state index contributed by atoms with van der Waals surface area (Å²) in [5.41, 5.74) is 3.14. The smallest absolute Gasteiger partial charge is 0.330 e. The number of amides is 3. The van der Waals surface area contributed by atoms with Crippen molar-refractivity contribution in [1.82, 2.24) is 4.90 Å². The van der Waals surface area contributed by atoms with Gasteiger partial charge in [0.15, 0.2) is 6.61 Å². The van der Waals surface area contributed by atoms with Crippen LogP contribution < -0.4 is 4.90 Å². The third-order valence-electron chi connectivity index (χ3n) is 6.49. The van der Waals surface area contributed by atoms with Crippen molar-refractivity contribution in [2.75, 3.05) is 11.5 Å². The van der Waals surface area contributed by atoms with Gasteiger partial charge in [0.1, 0.15) is 6.04 Å². The molecular weight excluding hydrogens is 444 g/mol. The summed E-state index contributed by atoms with van der Waals surface area (Å²) in [6, 6.07) is 22.0. The van der Waals surface area contributed by atoms with Gasteiger partial charge < -0.3 is 9.64 Å². The van der Waals surface area contributed by atoms with Crippen molar-refractivity contribution < 1.29 is 23.9 Å². The van der Waals surface area contributed by atoms with Crippen LogP contribution in [0, 0.1) is 0 Å². The van der Waals surface area contributed by atoms with Crippen molar-refractivity contribution in [2.24, 2.45) is 0 Å². The Balaban J connectivity index is 1.37. The lowest BCUT2D eigenvalue weighted by atomic mass is 10.0. The molecule has 0 aliphatic carbocycles. The fraction of sp³-hybridized carbons (Fsp3) is 0.214. The third-order valence-corrected chi connectivity index (χ3v) is 6.49. The first-order valence-corrected chi connectivity index (χ1v) is 11.5. The van der Waals surface area contributed by atoms with E-state index >= 15 is 0 Å². The maximum absolute atomic E-state index is 13.3. The highest BCUT2D eigenvalue weighted by molar-refractivity contribution is 6.22. The molecule has 0 fully saturated rings. The molecule has 0 aromatic heterocycles. The van der Waals surface area contributed by atoms with E-state index in [9.17, 15) is 19.2 Å². The molecule has 7 nitrogen and oxygen atoms in total. The molecule has 2 aliphatic rings. The van der Waals surface area contributed by atoms with Crippen molar-refractivity contribution >= 4 is 29.4 Å². The van der Waals surface area contributed by atoms with Crippen LogP contribution in [0.1, 0.15) is 38.8 Å². The second-order valence-corrected chi connectivity index (χ2v) is 8.78. The number of rotatable bonds is 6. The number of nitrogens with zero attached hydrogens (tertiary/aromatic N) is 2. The number of hydrogen-bond donors (Lipinski definition) is 0. The standard InChI is InChI=1S/C28H24N2O5/c1-18-15-20-11-5-8-14-23(20)29(18)25(31)17-35-28(34)24(16-19-9-3-2-4-10-19)30-26(32)21-12-6-7-13-22(21)27(30)33/h2-14,18,24H,15-17H2,1H3. The Kier molecular flexibility index (Phi) is 5.91. The fourth-order valence-corrected chi connectivity index (χ4v) is 4.85. The first-order chi connectivity index (χ1) is 17.0. The van der Waals surface area contributed by atoms with Crippen LogP contribution in [0.5, 0.6) is 0 Å². The average Bonchev–Trinajstić information content (AvgIpc) is 3.34. The molecule has 0 N–H and O–H groups in total. The number of carbonyl (C=O) groups excluding carboxylic acids is 4. The van der Waals surface area contributed by atoms with Crippen LogP contribution in [-0.2, 0) is 27.2 Å². The summed E-state index contributed by atoms with van der Waals surface area (Å²) in [6.07, 6.45) is 0.809. The largest absolute Gasteiger partial charge is 0.454 e. The summed E-state index contributed by atoms with van der Waals surface area (Å²) in [5.74, 6) is -2.23. The summed E-state index contributed by atoms with van der Waals surface area (Å²) in [6.45, 7) is 1.46. The molecule has 0 spiro atoms. The van der Waals surface area contributed by atoms with E-state index in [1.807, 2.05) is 61.5 Å². The van der Waals surface area contributed by atoms with Crippen LogP contribution in [0.3, 0.4) is 0 Å². The molecule has 2 unspecified atom stereocenters. The van der Waals surface area contributed by atoms with Gasteiger partial charge in [0.2, 0.25) is 0 Å². The van der Waals surface area contributed by atoms with Gasteiger partial charge in [0, 0.05) is 18.2 Å². The maximum Gasteiger partial charge on any atom is 0.330 e. The number of carbonyl (C=O) groups is 4. The molecule has 3 aromatic rings. The number of anilines is 1. The van der Waals surface area contributed by atoms with Gasteiger partial charge in [-0.3, -0.25) is 19.3 Å². The van der Waals surface area contributed by atoms with Crippen molar-refractivity contribution in [3.63, 3.8) is 0 Å². The second-order valence-electron chi connectivity index (χ2n) is 8.78. The van der Waals surface area contributed by atoms with Gasteiger partial charge in [-0.1, -0.05) is 60.7 Å². The van der Waals surface area contributed by atoms with Crippen molar-refractivity contribution in [2.45, 2.75) is 31.8 Å². The summed E-state index contributed by atoms with van der Waals surface area (Å²) >= 11 is 0. The number of esters is 1. The summed E-state index contributed by atoms with van der Waals surface area (Å²) in [5, 5.41) is 0. The molecule has 35 heavy (non-hydrogen) atoms. The molecule has 5 rings (SSSR count). The third kappa shape index (κ3) is 4.10. The van der Waals surface area contributed by atoms with Gasteiger partial charge in [0.25, 0.3) is 17.7 Å². The van der Waals surface area contributed by atoms with E-state index in [0.29, 0.717) is 0 Å². The quantitative estimate of drug-likeness (QED) is 0.409. The van der Waals surface area contributed by atoms with Crippen LogP contribution in [0.15, 0.2) is 78.9 Å². The molecule has 0 bridgehead atoms. The van der Waals surface area contributed by atoms with E-state index in [1.54, 1.807) is 29.2 Å². The van der Waals surface area contributed by atoms with Gasteiger partial charge >= 0.3 is 5.97 Å². The number of imide groups is 1. The molecule has 0 saturated heterocycles. The van der Waals surface area contributed by atoms with E-state index in [-0.39, 0.29) is 29.5 Å². The number of ether oxygens (including phenoxy) is 1. The van der Waals surface area contributed by atoms with Gasteiger partial charge in [-0.25, -0.2) is 4.79 Å². The molecule has 0 saturated carbocycles. The van der Waals surface area contributed by atoms with Gasteiger partial charge in [-0.15, -0.1) is 0 Å². The molecule has 3 amide bonds. The summed E-state index contributed by atoms with van der Waals surface area (Å²) in [7, 11) is 0. The average molecular weight is 469 g/mol. The van der Waals surface area contributed by atoms with Crippen LogP contribution in [0.2, 0.25) is 0 Å². The minimum atomic E-state index is -1.19. The lowest BCUT2D eigenvalue weighted by Crippen LogP contribution is -2.48. The lowest BCUT2D eigenvalue weighted by Gasteiger charge is -2.26. The van der Waals surface area contributed by atoms with Crippen molar-refractivity contribution in [3.05, 3.63) is 101 Å². The normalized spacial score (nSPS) is 17.2. The van der Waals surface area contributed by atoms with E-state index in [2.05, 4.69) is 0 Å². The van der Waals surface area contributed by atoms with E-state index in [0.717, 1.165) is 28.1 Å². The molecule has 2 atom stereocenters. The molecule has 2 heterocycles. The zero-order valence-electron chi connectivity index (χ0n) is 19.2. The number of hydrogen-bond acceptors (Lipinski definition) is 5. The first kappa shape index (κ1) is 22.5. The zero-order chi connectivity index (χ0) is 24.5. The van der Waals surface area contributed by atoms with Crippen LogP contribution in [0.4, 0.5) is 5.69 Å². The minimum Gasteiger partial charge on any atom is -0.454 e. The van der Waals surface area contributed by atoms with E-state index in [4.69, 9.17) is 4.74 Å². The van der Waals surface area contributed by atoms with Gasteiger partial charge in [-0.2, -0.15) is 0 Å². The Morgan fingerprint density at radius 1 is 0.886 bits per heavy atom. The highest BCUT2D eigenvalue weighted by atomic mass is 16.5. The number of fused-ring (bicyclic) bond motifs is 2. The lowest BCUT2D eigenvalue weighted by molar-refractivity contribution is -0.151. The predicted octanol–water partition coefficient (Wildman–Crippen LogP) is 3.41. The van der Waals surface area contributed by atoms with Crippen LogP contribution >= 0.6 is 0 Å². The van der Waals surface area contributed by atoms with Crippen LogP contribution in [0.25, 0.3) is 0 Å². The van der Waals surface area contributed by atoms with E-state index in [1.165, 1.54) is 0 Å². The number of benzene rings is 3. The molecular formula is C28H24N2O5. The SMILES string of the molecule is CC1Cc2ccccc2N1C(=O)COC(=O)C(Cc1ccccc1)N1C(=O)c2ccccc2C1=O. The topological polar surface area (TPSA) is 84.0 Å².